The van der Waals surface area contributed by atoms with Gasteiger partial charge in [-0.25, -0.2) is 0 Å². The Labute approximate surface area is 87.0 Å². The second-order valence-corrected chi connectivity index (χ2v) is 3.10. The van der Waals surface area contributed by atoms with E-state index in [1.54, 1.807) is 0 Å². The molecule has 1 radical (unpaired) electrons. The van der Waals surface area contributed by atoms with Crippen LogP contribution in [0.5, 0.6) is 0 Å². The Kier molecular flexibility index (Phi) is 6.39. The SMILES string of the molecule is [CH]1/C=C\CC/C=C/C\C=C/C=C/C=C/1. The van der Waals surface area contributed by atoms with Crippen LogP contribution in [0.1, 0.15) is 19.3 Å². The average molecular weight is 185 g/mol. The standard InChI is InChI=1S/C14H17/c1-2-4-6-8-10-12-14-13-11-9-7-5-3-1/h1-9,12,14H,10-11,13H2/b3-1+,4-2+,8-6-,9-7-,14-12+. The van der Waals surface area contributed by atoms with E-state index in [0.717, 1.165) is 19.3 Å². The van der Waals surface area contributed by atoms with E-state index in [0.29, 0.717) is 0 Å². The van der Waals surface area contributed by atoms with Crippen molar-refractivity contribution in [2.75, 3.05) is 0 Å². The van der Waals surface area contributed by atoms with Crippen LogP contribution in [0.3, 0.4) is 0 Å². The lowest BCUT2D eigenvalue weighted by Gasteiger charge is -1.87. The van der Waals surface area contributed by atoms with Crippen molar-refractivity contribution in [1.29, 1.82) is 0 Å². The molecule has 0 fully saturated rings. The molecule has 0 N–H and O–H groups in total. The van der Waals surface area contributed by atoms with Crippen molar-refractivity contribution in [1.82, 2.24) is 0 Å². The summed E-state index contributed by atoms with van der Waals surface area (Å²) >= 11 is 0. The van der Waals surface area contributed by atoms with Gasteiger partial charge in [0.2, 0.25) is 0 Å². The van der Waals surface area contributed by atoms with E-state index in [-0.39, 0.29) is 0 Å². The van der Waals surface area contributed by atoms with E-state index in [4.69, 9.17) is 0 Å². The summed E-state index contributed by atoms with van der Waals surface area (Å²) in [6.45, 7) is 0. The molecule has 1 rings (SSSR count). The fourth-order valence-electron chi connectivity index (χ4n) is 1.14. The minimum atomic E-state index is 1.03. The van der Waals surface area contributed by atoms with Crippen LogP contribution in [-0.4, -0.2) is 0 Å². The van der Waals surface area contributed by atoms with Crippen molar-refractivity contribution < 1.29 is 0 Å². The second kappa shape index (κ2) is 8.31. The molecular formula is C14H17. The fourth-order valence-corrected chi connectivity index (χ4v) is 1.14. The number of rotatable bonds is 0. The highest BCUT2D eigenvalue weighted by molar-refractivity contribution is 5.17. The Bertz CT molecular complexity index is 234. The van der Waals surface area contributed by atoms with Gasteiger partial charge in [-0.3, -0.25) is 0 Å². The van der Waals surface area contributed by atoms with Crippen molar-refractivity contribution in [3.05, 3.63) is 67.2 Å². The van der Waals surface area contributed by atoms with E-state index in [1.165, 1.54) is 0 Å². The molecule has 0 bridgehead atoms. The monoisotopic (exact) mass is 185 g/mol. The molecule has 0 saturated carbocycles. The third-order valence-electron chi connectivity index (χ3n) is 1.88. The topological polar surface area (TPSA) is 0 Å². The zero-order valence-electron chi connectivity index (χ0n) is 8.47. The fraction of sp³-hybridized carbons (Fsp3) is 0.214. The molecule has 0 aromatic carbocycles. The molecule has 1 aliphatic rings. The average Bonchev–Trinajstić information content (AvgIpc) is 2.22. The minimum Gasteiger partial charge on any atom is -0.0879 e. The lowest BCUT2D eigenvalue weighted by molar-refractivity contribution is 1.04. The molecule has 0 aliphatic heterocycles. The summed E-state index contributed by atoms with van der Waals surface area (Å²) in [7, 11) is 0. The van der Waals surface area contributed by atoms with E-state index in [1.807, 2.05) is 24.3 Å². The third kappa shape index (κ3) is 6.24. The van der Waals surface area contributed by atoms with Gasteiger partial charge in [0, 0.05) is 6.42 Å². The highest BCUT2D eigenvalue weighted by Crippen LogP contribution is 1.97. The quantitative estimate of drug-likeness (QED) is 0.497. The molecule has 0 aromatic rings. The molecule has 0 saturated heterocycles. The first-order valence-electron chi connectivity index (χ1n) is 5.13. The number of allylic oxidation sites excluding steroid dienone is 10. The van der Waals surface area contributed by atoms with Crippen LogP contribution in [-0.2, 0) is 0 Å². The lowest BCUT2D eigenvalue weighted by atomic mass is 10.2. The third-order valence-corrected chi connectivity index (χ3v) is 1.88. The highest BCUT2D eigenvalue weighted by Gasteiger charge is 1.77. The summed E-state index contributed by atoms with van der Waals surface area (Å²) in [5.74, 6) is 0. The zero-order valence-corrected chi connectivity index (χ0v) is 8.47. The van der Waals surface area contributed by atoms with Crippen molar-refractivity contribution in [2.24, 2.45) is 0 Å². The van der Waals surface area contributed by atoms with Crippen molar-refractivity contribution in [2.45, 2.75) is 19.3 Å². The van der Waals surface area contributed by atoms with Gasteiger partial charge in [0.1, 0.15) is 0 Å². The molecule has 0 heterocycles. The Hall–Kier alpha value is -1.30. The molecule has 73 valence electrons. The van der Waals surface area contributed by atoms with Crippen LogP contribution in [0.25, 0.3) is 0 Å². The Morgan fingerprint density at radius 1 is 0.500 bits per heavy atom. The van der Waals surface area contributed by atoms with E-state index in [9.17, 15) is 0 Å². The summed E-state index contributed by atoms with van der Waals surface area (Å²) in [4.78, 5) is 0. The molecule has 0 spiro atoms. The summed E-state index contributed by atoms with van der Waals surface area (Å²) in [5, 5.41) is 0. The Morgan fingerprint density at radius 2 is 1.29 bits per heavy atom. The van der Waals surface area contributed by atoms with Crippen molar-refractivity contribution in [3.63, 3.8) is 0 Å². The molecule has 0 aromatic heterocycles. The molecule has 0 heteroatoms. The molecule has 0 atom stereocenters. The highest BCUT2D eigenvalue weighted by atomic mass is 13.8. The first-order valence-corrected chi connectivity index (χ1v) is 5.13. The Morgan fingerprint density at radius 3 is 2.29 bits per heavy atom. The minimum absolute atomic E-state index is 1.03. The van der Waals surface area contributed by atoms with Gasteiger partial charge in [-0.2, -0.15) is 0 Å². The van der Waals surface area contributed by atoms with Gasteiger partial charge in [0.25, 0.3) is 0 Å². The van der Waals surface area contributed by atoms with Gasteiger partial charge in [-0.15, -0.1) is 0 Å². The summed E-state index contributed by atoms with van der Waals surface area (Å²) in [6, 6.07) is 0. The number of hydrogen-bond donors (Lipinski definition) is 0. The van der Waals surface area contributed by atoms with E-state index >= 15 is 0 Å². The van der Waals surface area contributed by atoms with Crippen LogP contribution in [0, 0.1) is 6.42 Å². The maximum atomic E-state index is 2.24. The van der Waals surface area contributed by atoms with Crippen LogP contribution >= 0.6 is 0 Å². The normalized spacial score (nSPS) is 29.7. The molecule has 14 heavy (non-hydrogen) atoms. The zero-order chi connectivity index (χ0) is 9.90. The van der Waals surface area contributed by atoms with Crippen LogP contribution in [0.2, 0.25) is 0 Å². The van der Waals surface area contributed by atoms with E-state index in [2.05, 4.69) is 42.9 Å². The predicted molar refractivity (Wildman–Crippen MR) is 63.9 cm³/mol. The van der Waals surface area contributed by atoms with Crippen molar-refractivity contribution >= 4 is 0 Å². The van der Waals surface area contributed by atoms with Crippen LogP contribution in [0.4, 0.5) is 0 Å². The Balaban J connectivity index is 2.45. The van der Waals surface area contributed by atoms with Crippen molar-refractivity contribution in [3.8, 4) is 0 Å². The molecule has 0 nitrogen and oxygen atoms in total. The van der Waals surface area contributed by atoms with Gasteiger partial charge in [-0.05, 0) is 19.3 Å². The maximum Gasteiger partial charge on any atom is 0.00473 e. The van der Waals surface area contributed by atoms with Crippen LogP contribution < -0.4 is 0 Å². The summed E-state index contributed by atoms with van der Waals surface area (Å²) in [6.07, 6.45) is 26.5. The van der Waals surface area contributed by atoms with Gasteiger partial charge >= 0.3 is 0 Å². The van der Waals surface area contributed by atoms with Crippen LogP contribution in [0.15, 0.2) is 60.8 Å². The molecule has 0 unspecified atom stereocenters. The maximum absolute atomic E-state index is 2.24. The lowest BCUT2D eigenvalue weighted by Crippen LogP contribution is -1.67. The van der Waals surface area contributed by atoms with E-state index < -0.39 is 0 Å². The summed E-state index contributed by atoms with van der Waals surface area (Å²) < 4.78 is 0. The summed E-state index contributed by atoms with van der Waals surface area (Å²) in [5.41, 5.74) is 0. The van der Waals surface area contributed by atoms with Gasteiger partial charge in [-0.1, -0.05) is 60.8 Å². The number of hydrogen-bond acceptors (Lipinski definition) is 0. The van der Waals surface area contributed by atoms with Gasteiger partial charge in [0.15, 0.2) is 0 Å². The predicted octanol–water partition coefficient (Wildman–Crippen LogP) is 4.16. The first-order chi connectivity index (χ1) is 7.00. The van der Waals surface area contributed by atoms with Gasteiger partial charge in [0.05, 0.1) is 0 Å². The molecule has 1 aliphatic carbocycles. The second-order valence-electron chi connectivity index (χ2n) is 3.10. The largest absolute Gasteiger partial charge is 0.0879 e. The molecule has 0 amide bonds. The molecular weight excluding hydrogens is 168 g/mol. The first kappa shape index (κ1) is 10.8. The van der Waals surface area contributed by atoms with Gasteiger partial charge < -0.3 is 0 Å². The smallest absolute Gasteiger partial charge is 0.00473 e.